The topological polar surface area (TPSA) is 29.1 Å². The van der Waals surface area contributed by atoms with Gasteiger partial charge in [-0.15, -0.1) is 11.8 Å². The van der Waals surface area contributed by atoms with Crippen molar-refractivity contribution in [2.45, 2.75) is 30.6 Å². The highest BCUT2D eigenvalue weighted by atomic mass is 32.2. The molecule has 0 bridgehead atoms. The summed E-state index contributed by atoms with van der Waals surface area (Å²) in [7, 11) is 0. The molecule has 0 atom stereocenters. The number of hydrogen-bond acceptors (Lipinski definition) is 2. The van der Waals surface area contributed by atoms with Crippen molar-refractivity contribution in [3.63, 3.8) is 0 Å². The van der Waals surface area contributed by atoms with Crippen LogP contribution in [0.2, 0.25) is 0 Å². The Morgan fingerprint density at radius 1 is 1.14 bits per heavy atom. The van der Waals surface area contributed by atoms with Gasteiger partial charge in [-0.1, -0.05) is 12.1 Å². The van der Waals surface area contributed by atoms with Crippen LogP contribution in [0.1, 0.15) is 24.0 Å². The first-order valence-electron chi connectivity index (χ1n) is 7.51. The van der Waals surface area contributed by atoms with E-state index in [1.807, 2.05) is 0 Å². The highest BCUT2D eigenvalue weighted by molar-refractivity contribution is 7.99. The van der Waals surface area contributed by atoms with Crippen molar-refractivity contribution in [1.29, 1.82) is 0 Å². The Morgan fingerprint density at radius 3 is 2.86 bits per heavy atom. The number of anilines is 1. The summed E-state index contributed by atoms with van der Waals surface area (Å²) in [6, 6.07) is 12.6. The van der Waals surface area contributed by atoms with Crippen LogP contribution in [-0.4, -0.2) is 11.7 Å². The molecule has 0 aliphatic heterocycles. The molecule has 2 nitrogen and oxygen atoms in total. The largest absolute Gasteiger partial charge is 0.326 e. The van der Waals surface area contributed by atoms with Crippen molar-refractivity contribution in [2.24, 2.45) is 0 Å². The first-order chi connectivity index (χ1) is 10.7. The molecule has 3 rings (SSSR count). The highest BCUT2D eigenvalue weighted by Gasteiger charge is 2.11. The Bertz CT molecular complexity index is 687. The van der Waals surface area contributed by atoms with Crippen LogP contribution < -0.4 is 5.32 Å². The van der Waals surface area contributed by atoms with Gasteiger partial charge in [-0.25, -0.2) is 4.39 Å². The van der Waals surface area contributed by atoms with Crippen molar-refractivity contribution in [1.82, 2.24) is 0 Å². The quantitative estimate of drug-likeness (QED) is 0.827. The van der Waals surface area contributed by atoms with Gasteiger partial charge in [0.05, 0.1) is 0 Å². The maximum Gasteiger partial charge on any atom is 0.225 e. The molecule has 22 heavy (non-hydrogen) atoms. The van der Waals surface area contributed by atoms with E-state index in [9.17, 15) is 9.18 Å². The van der Waals surface area contributed by atoms with Gasteiger partial charge < -0.3 is 5.32 Å². The van der Waals surface area contributed by atoms with Crippen molar-refractivity contribution >= 4 is 23.4 Å². The van der Waals surface area contributed by atoms with Gasteiger partial charge in [0.15, 0.2) is 0 Å². The molecule has 0 spiro atoms. The summed E-state index contributed by atoms with van der Waals surface area (Å²) in [6.45, 7) is 0. The Balaban J connectivity index is 1.47. The van der Waals surface area contributed by atoms with E-state index >= 15 is 0 Å². The number of carbonyl (C=O) groups excluding carboxylic acids is 1. The molecule has 2 aromatic rings. The minimum Gasteiger partial charge on any atom is -0.326 e. The van der Waals surface area contributed by atoms with E-state index in [0.29, 0.717) is 12.1 Å². The molecule has 114 valence electrons. The molecule has 4 heteroatoms. The molecule has 0 saturated carbocycles. The SMILES string of the molecule is O=C(CCSc1ccc2c(c1)CCC2)Nc1cccc(F)c1. The van der Waals surface area contributed by atoms with Gasteiger partial charge in [-0.2, -0.15) is 0 Å². The lowest BCUT2D eigenvalue weighted by Gasteiger charge is -2.06. The molecular formula is C18H18FNOS. The van der Waals surface area contributed by atoms with Crippen LogP contribution in [0.15, 0.2) is 47.4 Å². The van der Waals surface area contributed by atoms with Crippen molar-refractivity contribution < 1.29 is 9.18 Å². The van der Waals surface area contributed by atoms with Crippen LogP contribution in [0, 0.1) is 5.82 Å². The first kappa shape index (κ1) is 15.1. The summed E-state index contributed by atoms with van der Waals surface area (Å²) in [5.74, 6) is 0.296. The molecule has 1 aliphatic carbocycles. The van der Waals surface area contributed by atoms with Gasteiger partial charge in [0.2, 0.25) is 5.91 Å². The predicted molar refractivity (Wildman–Crippen MR) is 88.8 cm³/mol. The van der Waals surface area contributed by atoms with Crippen molar-refractivity contribution in [3.8, 4) is 0 Å². The maximum absolute atomic E-state index is 13.0. The molecular weight excluding hydrogens is 297 g/mol. The third-order valence-electron chi connectivity index (χ3n) is 3.78. The number of halogens is 1. The average molecular weight is 315 g/mol. The fourth-order valence-corrected chi connectivity index (χ4v) is 3.60. The number of rotatable bonds is 5. The average Bonchev–Trinajstić information content (AvgIpc) is 2.95. The van der Waals surface area contributed by atoms with Crippen LogP contribution in [0.5, 0.6) is 0 Å². The number of carbonyl (C=O) groups is 1. The minimum absolute atomic E-state index is 0.0840. The number of fused-ring (bicyclic) bond motifs is 1. The van der Waals surface area contributed by atoms with Crippen LogP contribution in [0.25, 0.3) is 0 Å². The van der Waals surface area contributed by atoms with E-state index < -0.39 is 0 Å². The normalized spacial score (nSPS) is 13.0. The van der Waals surface area contributed by atoms with E-state index in [1.165, 1.54) is 47.4 Å². The number of thioether (sulfide) groups is 1. The van der Waals surface area contributed by atoms with Crippen LogP contribution in [-0.2, 0) is 17.6 Å². The second-order valence-electron chi connectivity index (χ2n) is 5.44. The summed E-state index contributed by atoms with van der Waals surface area (Å²) in [5, 5.41) is 2.72. The standard InChI is InChI=1S/C18H18FNOS/c19-15-5-2-6-16(12-15)20-18(21)9-10-22-17-8-7-13-3-1-4-14(13)11-17/h2,5-8,11-12H,1,3-4,9-10H2,(H,20,21). The summed E-state index contributed by atoms with van der Waals surface area (Å²) >= 11 is 1.69. The fourth-order valence-electron chi connectivity index (χ4n) is 2.69. The second-order valence-corrected chi connectivity index (χ2v) is 6.61. The second kappa shape index (κ2) is 6.97. The van der Waals surface area contributed by atoms with Gasteiger partial charge in [-0.05, 0) is 60.7 Å². The third-order valence-corrected chi connectivity index (χ3v) is 4.77. The zero-order valence-corrected chi connectivity index (χ0v) is 13.1. The highest BCUT2D eigenvalue weighted by Crippen LogP contribution is 2.27. The van der Waals surface area contributed by atoms with E-state index in [0.717, 1.165) is 5.75 Å². The Hall–Kier alpha value is -1.81. The molecule has 0 unspecified atom stereocenters. The molecule has 1 amide bonds. The zero-order chi connectivity index (χ0) is 15.4. The first-order valence-corrected chi connectivity index (χ1v) is 8.49. The molecule has 0 aromatic heterocycles. The van der Waals surface area contributed by atoms with Crippen molar-refractivity contribution in [3.05, 3.63) is 59.4 Å². The smallest absolute Gasteiger partial charge is 0.225 e. The molecule has 2 aromatic carbocycles. The molecule has 1 N–H and O–H groups in total. The lowest BCUT2D eigenvalue weighted by Crippen LogP contribution is -2.12. The monoisotopic (exact) mass is 315 g/mol. The Labute approximate surface area is 134 Å². The molecule has 1 aliphatic rings. The van der Waals surface area contributed by atoms with Gasteiger partial charge in [0.1, 0.15) is 5.82 Å². The van der Waals surface area contributed by atoms with Gasteiger partial charge >= 0.3 is 0 Å². The Morgan fingerprint density at radius 2 is 2.00 bits per heavy atom. The minimum atomic E-state index is -0.342. The van der Waals surface area contributed by atoms with Crippen LogP contribution in [0.4, 0.5) is 10.1 Å². The number of hydrogen-bond donors (Lipinski definition) is 1. The summed E-state index contributed by atoms with van der Waals surface area (Å²) in [4.78, 5) is 13.1. The zero-order valence-electron chi connectivity index (χ0n) is 12.3. The lowest BCUT2D eigenvalue weighted by molar-refractivity contribution is -0.115. The van der Waals surface area contributed by atoms with E-state index in [2.05, 4.69) is 23.5 Å². The van der Waals surface area contributed by atoms with E-state index in [1.54, 1.807) is 23.9 Å². The molecule has 0 heterocycles. The van der Waals surface area contributed by atoms with E-state index in [4.69, 9.17) is 0 Å². The number of aryl methyl sites for hydroxylation is 2. The Kier molecular flexibility index (Phi) is 4.78. The predicted octanol–water partition coefficient (Wildman–Crippen LogP) is 4.44. The van der Waals surface area contributed by atoms with E-state index in [-0.39, 0.29) is 11.7 Å². The van der Waals surface area contributed by atoms with Gasteiger partial charge in [-0.3, -0.25) is 4.79 Å². The van der Waals surface area contributed by atoms with Crippen LogP contribution >= 0.6 is 11.8 Å². The fraction of sp³-hybridized carbons (Fsp3) is 0.278. The molecule has 0 fully saturated rings. The van der Waals surface area contributed by atoms with Gasteiger partial charge in [0.25, 0.3) is 0 Å². The number of benzene rings is 2. The number of nitrogens with one attached hydrogen (secondary N) is 1. The summed E-state index contributed by atoms with van der Waals surface area (Å²) < 4.78 is 13.0. The van der Waals surface area contributed by atoms with Crippen LogP contribution in [0.3, 0.4) is 0 Å². The summed E-state index contributed by atoms with van der Waals surface area (Å²) in [5.41, 5.74) is 3.43. The van der Waals surface area contributed by atoms with Gasteiger partial charge in [0, 0.05) is 22.8 Å². The van der Waals surface area contributed by atoms with Crippen molar-refractivity contribution in [2.75, 3.05) is 11.1 Å². The number of amides is 1. The molecule has 0 saturated heterocycles. The summed E-state index contributed by atoms with van der Waals surface area (Å²) in [6.07, 6.45) is 4.03. The maximum atomic E-state index is 13.0. The third kappa shape index (κ3) is 3.89. The lowest BCUT2D eigenvalue weighted by atomic mass is 10.1. The molecule has 0 radical (unpaired) electrons.